The quantitative estimate of drug-likeness (QED) is 0.571. The molecule has 2 N–H and O–H groups in total. The zero-order valence-corrected chi connectivity index (χ0v) is 15.5. The maximum absolute atomic E-state index is 14.0. The van der Waals surface area contributed by atoms with E-state index >= 15 is 0 Å². The monoisotopic (exact) mass is 416 g/mol. The second-order valence-electron chi connectivity index (χ2n) is 6.71. The van der Waals surface area contributed by atoms with Gasteiger partial charge >= 0.3 is 12.1 Å². The molecule has 1 saturated heterocycles. The molecule has 1 aliphatic rings. The Kier molecular flexibility index (Phi) is 6.99. The van der Waals surface area contributed by atoms with Crippen LogP contribution in [0.4, 0.5) is 17.6 Å². The Balaban J connectivity index is 1.95. The molecule has 0 bridgehead atoms. The fourth-order valence-corrected chi connectivity index (χ4v) is 2.92. The van der Waals surface area contributed by atoms with Crippen molar-refractivity contribution in [3.63, 3.8) is 0 Å². The molecule has 2 amide bonds. The molecule has 0 spiro atoms. The lowest BCUT2D eigenvalue weighted by Gasteiger charge is -2.31. The molecule has 1 aliphatic heterocycles. The normalized spacial score (nSPS) is 16.7. The fourth-order valence-electron chi connectivity index (χ4n) is 2.92. The smallest absolute Gasteiger partial charge is 0.419 e. The highest BCUT2D eigenvalue weighted by Crippen LogP contribution is 2.32. The van der Waals surface area contributed by atoms with E-state index in [0.717, 1.165) is 24.3 Å². The van der Waals surface area contributed by atoms with Crippen LogP contribution in [-0.4, -0.2) is 46.9 Å². The van der Waals surface area contributed by atoms with Gasteiger partial charge in [-0.25, -0.2) is 4.39 Å². The molecule has 10 heteroatoms. The summed E-state index contributed by atoms with van der Waals surface area (Å²) in [5.74, 6) is -3.97. The Morgan fingerprint density at radius 1 is 1.24 bits per heavy atom. The topological polar surface area (TPSA) is 86.7 Å². The summed E-state index contributed by atoms with van der Waals surface area (Å²) in [6, 6.07) is 1.79. The lowest BCUT2D eigenvalue weighted by molar-refractivity contribution is -0.142. The highest BCUT2D eigenvalue weighted by molar-refractivity contribution is 5.92. The van der Waals surface area contributed by atoms with Crippen LogP contribution in [0.5, 0.6) is 0 Å². The van der Waals surface area contributed by atoms with Crippen LogP contribution in [0.1, 0.15) is 30.9 Å². The van der Waals surface area contributed by atoms with Crippen LogP contribution in [0.3, 0.4) is 0 Å². The molecule has 2 rings (SSSR count). The third kappa shape index (κ3) is 5.78. The van der Waals surface area contributed by atoms with Crippen LogP contribution < -0.4 is 5.32 Å². The lowest BCUT2D eigenvalue weighted by Crippen LogP contribution is -2.46. The van der Waals surface area contributed by atoms with E-state index in [9.17, 15) is 31.9 Å². The van der Waals surface area contributed by atoms with Gasteiger partial charge < -0.3 is 15.3 Å². The van der Waals surface area contributed by atoms with E-state index in [2.05, 4.69) is 5.32 Å². The standard InChI is InChI=1S/C19H20F4N2O4/c1-11(18(28)29)24-17(27)13-7-9-25(10-8-13)15(26)6-5-12-3-2-4-14(16(12)20)19(21,22)23/h2-6,11,13H,7-10H2,1H3,(H,24,27)(H,28,29)/b6-5+. The number of piperidine rings is 1. The minimum atomic E-state index is -4.83. The molecule has 6 nitrogen and oxygen atoms in total. The summed E-state index contributed by atoms with van der Waals surface area (Å²) in [6.07, 6.45) is -2.23. The average Bonchev–Trinajstić information content (AvgIpc) is 2.66. The molecule has 1 atom stereocenters. The summed E-state index contributed by atoms with van der Waals surface area (Å²) >= 11 is 0. The molecule has 29 heavy (non-hydrogen) atoms. The van der Waals surface area contributed by atoms with Crippen molar-refractivity contribution in [3.8, 4) is 0 Å². The number of nitrogens with zero attached hydrogens (tertiary/aromatic N) is 1. The van der Waals surface area contributed by atoms with Gasteiger partial charge in [-0.2, -0.15) is 13.2 Å². The van der Waals surface area contributed by atoms with E-state index in [0.29, 0.717) is 18.9 Å². The number of carbonyl (C=O) groups excluding carboxylic acids is 2. The van der Waals surface area contributed by atoms with Gasteiger partial charge in [0, 0.05) is 30.6 Å². The number of likely N-dealkylation sites (tertiary alicyclic amines) is 1. The minimum absolute atomic E-state index is 0.216. The third-order valence-electron chi connectivity index (χ3n) is 4.65. The average molecular weight is 416 g/mol. The van der Waals surface area contributed by atoms with Crippen molar-refractivity contribution < 1.29 is 37.1 Å². The summed E-state index contributed by atoms with van der Waals surface area (Å²) in [6.45, 7) is 1.78. The van der Waals surface area contributed by atoms with Crippen molar-refractivity contribution in [1.82, 2.24) is 10.2 Å². The van der Waals surface area contributed by atoms with Gasteiger partial charge in [0.15, 0.2) is 0 Å². The van der Waals surface area contributed by atoms with Crippen LogP contribution >= 0.6 is 0 Å². The summed E-state index contributed by atoms with van der Waals surface area (Å²) in [5, 5.41) is 11.2. The number of aliphatic carboxylic acids is 1. The fraction of sp³-hybridized carbons (Fsp3) is 0.421. The first-order valence-corrected chi connectivity index (χ1v) is 8.86. The highest BCUT2D eigenvalue weighted by Gasteiger charge is 2.34. The molecular formula is C19H20F4N2O4. The zero-order chi connectivity index (χ0) is 21.8. The number of alkyl halides is 3. The molecule has 158 valence electrons. The van der Waals surface area contributed by atoms with Crippen LogP contribution in [-0.2, 0) is 20.6 Å². The number of rotatable bonds is 5. The Hall–Kier alpha value is -2.91. The molecule has 1 unspecified atom stereocenters. The van der Waals surface area contributed by atoms with Crippen molar-refractivity contribution in [2.24, 2.45) is 5.92 Å². The predicted molar refractivity (Wildman–Crippen MR) is 95.0 cm³/mol. The van der Waals surface area contributed by atoms with Crippen molar-refractivity contribution >= 4 is 23.9 Å². The van der Waals surface area contributed by atoms with Crippen LogP contribution in [0, 0.1) is 11.7 Å². The number of hydrogen-bond donors (Lipinski definition) is 2. The number of benzene rings is 1. The van der Waals surface area contributed by atoms with Gasteiger partial charge in [-0.15, -0.1) is 0 Å². The molecule has 0 radical (unpaired) electrons. The molecule has 1 heterocycles. The number of nitrogens with one attached hydrogen (secondary N) is 1. The molecule has 0 saturated carbocycles. The lowest BCUT2D eigenvalue weighted by atomic mass is 9.95. The summed E-state index contributed by atoms with van der Waals surface area (Å²) in [5.41, 5.74) is -1.76. The zero-order valence-electron chi connectivity index (χ0n) is 15.5. The van der Waals surface area contributed by atoms with Crippen LogP contribution in [0.15, 0.2) is 24.3 Å². The van der Waals surface area contributed by atoms with Gasteiger partial charge in [0.05, 0.1) is 5.56 Å². The number of amides is 2. The van der Waals surface area contributed by atoms with Crippen molar-refractivity contribution in [2.45, 2.75) is 32.0 Å². The molecule has 0 aromatic heterocycles. The van der Waals surface area contributed by atoms with Gasteiger partial charge in [-0.05, 0) is 31.9 Å². The van der Waals surface area contributed by atoms with E-state index in [1.165, 1.54) is 11.8 Å². The van der Waals surface area contributed by atoms with Crippen LogP contribution in [0.2, 0.25) is 0 Å². The summed E-state index contributed by atoms with van der Waals surface area (Å²) < 4.78 is 52.2. The van der Waals surface area contributed by atoms with Crippen molar-refractivity contribution in [2.75, 3.05) is 13.1 Å². The molecular weight excluding hydrogens is 396 g/mol. The summed E-state index contributed by atoms with van der Waals surface area (Å²) in [7, 11) is 0. The third-order valence-corrected chi connectivity index (χ3v) is 4.65. The highest BCUT2D eigenvalue weighted by atomic mass is 19.4. The molecule has 1 aromatic rings. The van der Waals surface area contributed by atoms with Crippen molar-refractivity contribution in [1.29, 1.82) is 0 Å². The van der Waals surface area contributed by atoms with E-state index in [1.54, 1.807) is 0 Å². The van der Waals surface area contributed by atoms with Gasteiger partial charge in [0.1, 0.15) is 11.9 Å². The number of carbonyl (C=O) groups is 3. The molecule has 1 aromatic carbocycles. The largest absolute Gasteiger partial charge is 0.480 e. The first kappa shape index (κ1) is 22.4. The second kappa shape index (κ2) is 9.06. The Bertz CT molecular complexity index is 815. The Morgan fingerprint density at radius 2 is 1.86 bits per heavy atom. The minimum Gasteiger partial charge on any atom is -0.480 e. The SMILES string of the molecule is CC(NC(=O)C1CCN(C(=O)/C=C/c2cccc(C(F)(F)F)c2F)CC1)C(=O)O. The molecule has 0 aliphatic carbocycles. The van der Waals surface area contributed by atoms with E-state index in [1.807, 2.05) is 0 Å². The molecule has 1 fully saturated rings. The Labute approximate surface area is 164 Å². The van der Waals surface area contributed by atoms with Gasteiger partial charge in [-0.1, -0.05) is 12.1 Å². The van der Waals surface area contributed by atoms with E-state index < -0.39 is 47.3 Å². The van der Waals surface area contributed by atoms with Gasteiger partial charge in [0.25, 0.3) is 0 Å². The number of hydrogen-bond acceptors (Lipinski definition) is 3. The van der Waals surface area contributed by atoms with Gasteiger partial charge in [0.2, 0.25) is 11.8 Å². The predicted octanol–water partition coefficient (Wildman–Crippen LogP) is 2.69. The second-order valence-corrected chi connectivity index (χ2v) is 6.71. The maximum Gasteiger partial charge on any atom is 0.419 e. The van der Waals surface area contributed by atoms with Gasteiger partial charge in [-0.3, -0.25) is 14.4 Å². The summed E-state index contributed by atoms with van der Waals surface area (Å²) in [4.78, 5) is 36.4. The number of carboxylic acid groups (broad SMARTS) is 1. The van der Waals surface area contributed by atoms with E-state index in [-0.39, 0.29) is 18.7 Å². The first-order chi connectivity index (χ1) is 13.5. The van der Waals surface area contributed by atoms with Crippen molar-refractivity contribution in [3.05, 3.63) is 41.2 Å². The number of carboxylic acids is 1. The maximum atomic E-state index is 14.0. The number of halogens is 4. The Morgan fingerprint density at radius 3 is 2.41 bits per heavy atom. The first-order valence-electron chi connectivity index (χ1n) is 8.86. The van der Waals surface area contributed by atoms with Crippen LogP contribution in [0.25, 0.3) is 6.08 Å². The van der Waals surface area contributed by atoms with E-state index in [4.69, 9.17) is 5.11 Å².